The Bertz CT molecular complexity index is 656. The van der Waals surface area contributed by atoms with E-state index in [1.54, 1.807) is 0 Å². The molecule has 0 saturated heterocycles. The van der Waals surface area contributed by atoms with Gasteiger partial charge in [-0.05, 0) is 18.2 Å². The molecule has 0 unspecified atom stereocenters. The monoisotopic (exact) mass is 297 g/mol. The van der Waals surface area contributed by atoms with E-state index in [-0.39, 0.29) is 17.2 Å². The molecule has 0 aliphatic rings. The van der Waals surface area contributed by atoms with Crippen molar-refractivity contribution in [3.05, 3.63) is 53.7 Å². The number of halogens is 3. The Morgan fingerprint density at radius 2 is 1.90 bits per heavy atom. The van der Waals surface area contributed by atoms with Crippen LogP contribution in [0.5, 0.6) is 11.6 Å². The fourth-order valence-corrected chi connectivity index (χ4v) is 1.61. The molecule has 0 aliphatic carbocycles. The van der Waals surface area contributed by atoms with Crippen LogP contribution in [0.3, 0.4) is 0 Å². The van der Waals surface area contributed by atoms with Gasteiger partial charge >= 0.3 is 12.1 Å². The van der Waals surface area contributed by atoms with Crippen molar-refractivity contribution in [2.75, 3.05) is 7.11 Å². The molecule has 2 aromatic rings. The lowest BCUT2D eigenvalue weighted by Gasteiger charge is -2.13. The molecule has 0 radical (unpaired) electrons. The Balaban J connectivity index is 2.33. The molecule has 0 spiro atoms. The second kappa shape index (κ2) is 5.82. The third-order valence-corrected chi connectivity index (χ3v) is 2.56. The van der Waals surface area contributed by atoms with E-state index in [1.165, 1.54) is 43.6 Å². The van der Waals surface area contributed by atoms with Gasteiger partial charge in [0.2, 0.25) is 5.88 Å². The van der Waals surface area contributed by atoms with E-state index in [1.807, 2.05) is 0 Å². The van der Waals surface area contributed by atoms with Gasteiger partial charge in [-0.3, -0.25) is 0 Å². The summed E-state index contributed by atoms with van der Waals surface area (Å²) in [6.45, 7) is 0. The van der Waals surface area contributed by atoms with Crippen LogP contribution in [-0.2, 0) is 10.9 Å². The summed E-state index contributed by atoms with van der Waals surface area (Å²) in [4.78, 5) is 15.1. The van der Waals surface area contributed by atoms with Crippen LogP contribution in [0.15, 0.2) is 42.6 Å². The molecule has 110 valence electrons. The van der Waals surface area contributed by atoms with Crippen molar-refractivity contribution < 1.29 is 27.4 Å². The summed E-state index contributed by atoms with van der Waals surface area (Å²) in [5.41, 5.74) is -0.790. The first-order valence-corrected chi connectivity index (χ1v) is 5.80. The Hall–Kier alpha value is -2.57. The normalized spacial score (nSPS) is 11.0. The smallest absolute Gasteiger partial charge is 0.419 e. The molecule has 21 heavy (non-hydrogen) atoms. The number of methoxy groups -OCH3 is 1. The van der Waals surface area contributed by atoms with Gasteiger partial charge in [-0.25, -0.2) is 9.78 Å². The first-order chi connectivity index (χ1) is 9.91. The van der Waals surface area contributed by atoms with E-state index >= 15 is 0 Å². The van der Waals surface area contributed by atoms with E-state index in [0.29, 0.717) is 0 Å². The molecule has 0 fully saturated rings. The van der Waals surface area contributed by atoms with Crippen molar-refractivity contribution in [1.29, 1.82) is 0 Å². The van der Waals surface area contributed by atoms with E-state index in [2.05, 4.69) is 9.72 Å². The molecule has 1 aromatic heterocycles. The van der Waals surface area contributed by atoms with Crippen LogP contribution in [0.4, 0.5) is 13.2 Å². The van der Waals surface area contributed by atoms with Gasteiger partial charge in [0, 0.05) is 12.3 Å². The molecule has 1 aromatic carbocycles. The van der Waals surface area contributed by atoms with Crippen molar-refractivity contribution in [3.8, 4) is 11.6 Å². The third kappa shape index (κ3) is 3.50. The molecule has 0 amide bonds. The fourth-order valence-electron chi connectivity index (χ4n) is 1.61. The highest BCUT2D eigenvalue weighted by Gasteiger charge is 2.34. The SMILES string of the molecule is COC(=O)c1ccnc(Oc2ccccc2C(F)(F)F)c1. The number of hydrogen-bond donors (Lipinski definition) is 0. The molecule has 0 aliphatic heterocycles. The lowest BCUT2D eigenvalue weighted by atomic mass is 10.2. The zero-order chi connectivity index (χ0) is 15.5. The van der Waals surface area contributed by atoms with Gasteiger partial charge in [0.05, 0.1) is 18.2 Å². The third-order valence-electron chi connectivity index (χ3n) is 2.56. The van der Waals surface area contributed by atoms with Crippen molar-refractivity contribution in [2.24, 2.45) is 0 Å². The van der Waals surface area contributed by atoms with E-state index in [9.17, 15) is 18.0 Å². The minimum absolute atomic E-state index is 0.130. The van der Waals surface area contributed by atoms with Crippen LogP contribution in [0.1, 0.15) is 15.9 Å². The number of benzene rings is 1. The minimum atomic E-state index is -4.55. The predicted molar refractivity (Wildman–Crippen MR) is 67.1 cm³/mol. The first-order valence-electron chi connectivity index (χ1n) is 5.80. The van der Waals surface area contributed by atoms with Gasteiger partial charge < -0.3 is 9.47 Å². The van der Waals surface area contributed by atoms with Crippen molar-refractivity contribution >= 4 is 5.97 Å². The van der Waals surface area contributed by atoms with Crippen molar-refractivity contribution in [3.63, 3.8) is 0 Å². The number of carbonyl (C=O) groups excluding carboxylic acids is 1. The average molecular weight is 297 g/mol. The lowest BCUT2D eigenvalue weighted by Crippen LogP contribution is -2.07. The highest BCUT2D eigenvalue weighted by atomic mass is 19.4. The fraction of sp³-hybridized carbons (Fsp3) is 0.143. The second-order valence-electron chi connectivity index (χ2n) is 3.97. The van der Waals surface area contributed by atoms with Crippen LogP contribution in [0.2, 0.25) is 0 Å². The lowest BCUT2D eigenvalue weighted by molar-refractivity contribution is -0.138. The average Bonchev–Trinajstić information content (AvgIpc) is 2.46. The van der Waals surface area contributed by atoms with Gasteiger partial charge in [0.25, 0.3) is 0 Å². The maximum atomic E-state index is 12.8. The number of nitrogens with zero attached hydrogens (tertiary/aromatic N) is 1. The maximum Gasteiger partial charge on any atom is 0.419 e. The second-order valence-corrected chi connectivity index (χ2v) is 3.97. The minimum Gasteiger partial charge on any atom is -0.465 e. The number of alkyl halides is 3. The molecule has 7 heteroatoms. The van der Waals surface area contributed by atoms with Crippen LogP contribution in [0.25, 0.3) is 0 Å². The number of para-hydroxylation sites is 1. The number of pyridine rings is 1. The summed E-state index contributed by atoms with van der Waals surface area (Å²) in [6, 6.07) is 7.32. The van der Waals surface area contributed by atoms with Gasteiger partial charge in [0.15, 0.2) is 0 Å². The van der Waals surface area contributed by atoms with E-state index in [4.69, 9.17) is 4.74 Å². The highest BCUT2D eigenvalue weighted by Crippen LogP contribution is 2.37. The van der Waals surface area contributed by atoms with Crippen LogP contribution in [0, 0.1) is 0 Å². The summed E-state index contributed by atoms with van der Waals surface area (Å²) in [7, 11) is 1.20. The molecular formula is C14H10F3NO3. The number of esters is 1. The maximum absolute atomic E-state index is 12.8. The van der Waals surface area contributed by atoms with Gasteiger partial charge in [-0.2, -0.15) is 13.2 Å². The van der Waals surface area contributed by atoms with Crippen LogP contribution < -0.4 is 4.74 Å². The zero-order valence-electron chi connectivity index (χ0n) is 10.8. The molecule has 0 atom stereocenters. The predicted octanol–water partition coefficient (Wildman–Crippen LogP) is 3.68. The quantitative estimate of drug-likeness (QED) is 0.811. The molecule has 1 heterocycles. The Morgan fingerprint density at radius 3 is 2.57 bits per heavy atom. The molecule has 0 saturated carbocycles. The number of hydrogen-bond acceptors (Lipinski definition) is 4. The number of ether oxygens (including phenoxy) is 2. The number of rotatable bonds is 3. The largest absolute Gasteiger partial charge is 0.465 e. The van der Waals surface area contributed by atoms with E-state index in [0.717, 1.165) is 6.07 Å². The Kier molecular flexibility index (Phi) is 4.11. The summed E-state index contributed by atoms with van der Waals surface area (Å²) < 4.78 is 48.2. The van der Waals surface area contributed by atoms with Crippen molar-refractivity contribution in [2.45, 2.75) is 6.18 Å². The summed E-state index contributed by atoms with van der Waals surface area (Å²) in [6.07, 6.45) is -3.30. The topological polar surface area (TPSA) is 48.4 Å². The zero-order valence-corrected chi connectivity index (χ0v) is 10.8. The van der Waals surface area contributed by atoms with Gasteiger partial charge in [-0.15, -0.1) is 0 Å². The summed E-state index contributed by atoms with van der Waals surface area (Å²) in [5.74, 6) is -1.15. The Labute approximate surface area is 118 Å². The van der Waals surface area contributed by atoms with E-state index < -0.39 is 17.7 Å². The van der Waals surface area contributed by atoms with Crippen LogP contribution in [-0.4, -0.2) is 18.1 Å². The standard InChI is InChI=1S/C14H10F3NO3/c1-20-13(19)9-6-7-18-12(8-9)21-11-5-3-2-4-10(11)14(15,16)17/h2-8H,1H3. The van der Waals surface area contributed by atoms with Crippen molar-refractivity contribution in [1.82, 2.24) is 4.98 Å². The molecule has 0 N–H and O–H groups in total. The Morgan fingerprint density at radius 1 is 1.19 bits per heavy atom. The summed E-state index contributed by atoms with van der Waals surface area (Å²) in [5, 5.41) is 0. The van der Waals surface area contributed by atoms with Crippen LogP contribution >= 0.6 is 0 Å². The molecule has 2 rings (SSSR count). The number of carbonyl (C=O) groups is 1. The highest BCUT2D eigenvalue weighted by molar-refractivity contribution is 5.89. The first kappa shape index (κ1) is 14.8. The van der Waals surface area contributed by atoms with Gasteiger partial charge in [0.1, 0.15) is 5.75 Å². The number of aromatic nitrogens is 1. The summed E-state index contributed by atoms with van der Waals surface area (Å²) >= 11 is 0. The molecule has 4 nitrogen and oxygen atoms in total. The molecule has 0 bridgehead atoms. The van der Waals surface area contributed by atoms with Gasteiger partial charge in [-0.1, -0.05) is 12.1 Å². The molecular weight excluding hydrogens is 287 g/mol.